The van der Waals surface area contributed by atoms with E-state index in [0.29, 0.717) is 36.9 Å². The van der Waals surface area contributed by atoms with Crippen molar-refractivity contribution >= 4 is 15.6 Å². The zero-order valence-corrected chi connectivity index (χ0v) is 12.0. The number of fused-ring (bicyclic) bond motifs is 2. The third-order valence-electron chi connectivity index (χ3n) is 4.52. The van der Waals surface area contributed by atoms with Crippen LogP contribution in [0.15, 0.2) is 12.1 Å². The van der Waals surface area contributed by atoms with Crippen molar-refractivity contribution in [3.63, 3.8) is 0 Å². The summed E-state index contributed by atoms with van der Waals surface area (Å²) in [6.07, 6.45) is 2.12. The molecule has 0 saturated carbocycles. The van der Waals surface area contributed by atoms with E-state index in [-0.39, 0.29) is 22.2 Å². The lowest BCUT2D eigenvalue weighted by atomic mass is 9.90. The molecule has 0 aromatic carbocycles. The Morgan fingerprint density at radius 2 is 1.85 bits per heavy atom. The molecular formula is C14H16FNO3S. The minimum atomic E-state index is -3.02. The van der Waals surface area contributed by atoms with Crippen LogP contribution in [0.25, 0.3) is 0 Å². The molecule has 2 bridgehead atoms. The van der Waals surface area contributed by atoms with E-state index in [9.17, 15) is 17.6 Å². The van der Waals surface area contributed by atoms with Crippen LogP contribution in [0.5, 0.6) is 0 Å². The van der Waals surface area contributed by atoms with Crippen LogP contribution in [0.3, 0.4) is 0 Å². The van der Waals surface area contributed by atoms with Crippen molar-refractivity contribution in [2.75, 3.05) is 0 Å². The van der Waals surface area contributed by atoms with E-state index in [0.717, 1.165) is 0 Å². The van der Waals surface area contributed by atoms with Gasteiger partial charge in [-0.1, -0.05) is 0 Å². The topological polar surface area (TPSA) is 64.1 Å². The maximum atomic E-state index is 13.0. The largest absolute Gasteiger partial charge is 0.294 e. The molecule has 2 saturated heterocycles. The van der Waals surface area contributed by atoms with Gasteiger partial charge in [0.05, 0.1) is 16.2 Å². The number of nitrogens with zero attached hydrogens (tertiary/aromatic N) is 1. The van der Waals surface area contributed by atoms with Crippen LogP contribution in [0, 0.1) is 18.8 Å². The number of pyridine rings is 1. The Morgan fingerprint density at radius 1 is 1.25 bits per heavy atom. The predicted molar refractivity (Wildman–Crippen MR) is 71.7 cm³/mol. The average molecular weight is 297 g/mol. The molecule has 20 heavy (non-hydrogen) atoms. The molecule has 3 rings (SSSR count). The van der Waals surface area contributed by atoms with Crippen molar-refractivity contribution in [2.24, 2.45) is 5.92 Å². The molecule has 0 aliphatic carbocycles. The van der Waals surface area contributed by atoms with Gasteiger partial charge in [-0.3, -0.25) is 4.79 Å². The zero-order chi connectivity index (χ0) is 14.5. The fourth-order valence-electron chi connectivity index (χ4n) is 3.43. The highest BCUT2D eigenvalue weighted by Crippen LogP contribution is 2.42. The molecule has 2 fully saturated rings. The maximum absolute atomic E-state index is 13.0. The SMILES string of the molecule is Cc1nc(F)ccc1C(=O)C1CC2CCC(C1)S2(=O)=O. The number of rotatable bonds is 2. The summed E-state index contributed by atoms with van der Waals surface area (Å²) < 4.78 is 37.0. The van der Waals surface area contributed by atoms with Gasteiger partial charge in [0, 0.05) is 11.5 Å². The van der Waals surface area contributed by atoms with Crippen molar-refractivity contribution in [3.05, 3.63) is 29.3 Å². The first-order valence-electron chi connectivity index (χ1n) is 6.79. The van der Waals surface area contributed by atoms with Crippen LogP contribution >= 0.6 is 0 Å². The molecule has 0 spiro atoms. The van der Waals surface area contributed by atoms with Crippen molar-refractivity contribution in [1.29, 1.82) is 0 Å². The number of hydrogen-bond acceptors (Lipinski definition) is 4. The van der Waals surface area contributed by atoms with E-state index in [1.165, 1.54) is 12.1 Å². The van der Waals surface area contributed by atoms with Gasteiger partial charge in [-0.05, 0) is 44.7 Å². The Bertz CT molecular complexity index is 651. The zero-order valence-electron chi connectivity index (χ0n) is 11.2. The highest BCUT2D eigenvalue weighted by Gasteiger charge is 2.48. The lowest BCUT2D eigenvalue weighted by Gasteiger charge is -2.27. The molecule has 0 amide bonds. The molecule has 108 valence electrons. The van der Waals surface area contributed by atoms with E-state index in [1.54, 1.807) is 6.92 Å². The molecule has 6 heteroatoms. The lowest BCUT2D eigenvalue weighted by Crippen LogP contribution is -2.36. The first-order chi connectivity index (χ1) is 9.39. The fourth-order valence-corrected chi connectivity index (χ4v) is 5.91. The Morgan fingerprint density at radius 3 is 2.40 bits per heavy atom. The molecule has 4 nitrogen and oxygen atoms in total. The second-order valence-corrected chi connectivity index (χ2v) is 8.22. The van der Waals surface area contributed by atoms with Gasteiger partial charge in [0.25, 0.3) is 0 Å². The normalized spacial score (nSPS) is 31.2. The van der Waals surface area contributed by atoms with Gasteiger partial charge in [-0.15, -0.1) is 0 Å². The van der Waals surface area contributed by atoms with Crippen LogP contribution in [0.2, 0.25) is 0 Å². The summed E-state index contributed by atoms with van der Waals surface area (Å²) in [5.74, 6) is -0.978. The molecule has 2 atom stereocenters. The van der Waals surface area contributed by atoms with Gasteiger partial charge in [-0.2, -0.15) is 4.39 Å². The number of halogens is 1. The number of sulfone groups is 1. The van der Waals surface area contributed by atoms with Gasteiger partial charge >= 0.3 is 0 Å². The molecule has 2 aliphatic rings. The first-order valence-corrected chi connectivity index (χ1v) is 8.40. The number of carbonyl (C=O) groups excluding carboxylic acids is 1. The number of aromatic nitrogens is 1. The lowest BCUT2D eigenvalue weighted by molar-refractivity contribution is 0.0904. The number of ketones is 1. The van der Waals surface area contributed by atoms with E-state index < -0.39 is 15.8 Å². The van der Waals surface area contributed by atoms with Gasteiger partial charge in [-0.25, -0.2) is 13.4 Å². The van der Waals surface area contributed by atoms with Crippen molar-refractivity contribution in [3.8, 4) is 0 Å². The van der Waals surface area contributed by atoms with Crippen LogP contribution < -0.4 is 0 Å². The third kappa shape index (κ3) is 2.06. The second kappa shape index (κ2) is 4.62. The Kier molecular flexibility index (Phi) is 3.16. The summed E-state index contributed by atoms with van der Waals surface area (Å²) in [5, 5.41) is -0.743. The summed E-state index contributed by atoms with van der Waals surface area (Å²) in [5.41, 5.74) is 0.783. The van der Waals surface area contributed by atoms with Crippen LogP contribution in [0.4, 0.5) is 4.39 Å². The maximum Gasteiger partial charge on any atom is 0.213 e. The van der Waals surface area contributed by atoms with E-state index in [1.807, 2.05) is 0 Å². The number of hydrogen-bond donors (Lipinski definition) is 0. The minimum Gasteiger partial charge on any atom is -0.294 e. The third-order valence-corrected chi connectivity index (χ3v) is 7.24. The molecule has 0 radical (unpaired) electrons. The molecule has 0 N–H and O–H groups in total. The molecule has 2 aliphatic heterocycles. The number of aryl methyl sites for hydroxylation is 1. The second-order valence-electron chi connectivity index (χ2n) is 5.71. The van der Waals surface area contributed by atoms with Gasteiger partial charge in [0.15, 0.2) is 15.6 Å². The monoisotopic (exact) mass is 297 g/mol. The Hall–Kier alpha value is -1.30. The van der Waals surface area contributed by atoms with Gasteiger partial charge < -0.3 is 0 Å². The quantitative estimate of drug-likeness (QED) is 0.619. The number of Topliss-reactive ketones (excluding diaryl/α,β-unsaturated/α-hetero) is 1. The number of carbonyl (C=O) groups is 1. The standard InChI is InChI=1S/C14H16FNO3S/c1-8-12(4-5-13(15)16-8)14(17)9-6-10-2-3-11(7-9)20(10,18)19/h4-5,9-11H,2-3,6-7H2,1H3. The van der Waals surface area contributed by atoms with Crippen LogP contribution in [-0.2, 0) is 9.84 Å². The summed E-state index contributed by atoms with van der Waals surface area (Å²) in [7, 11) is -3.02. The highest BCUT2D eigenvalue weighted by molar-refractivity contribution is 7.93. The molecule has 1 aromatic heterocycles. The fraction of sp³-hybridized carbons (Fsp3) is 0.571. The van der Waals surface area contributed by atoms with E-state index in [4.69, 9.17) is 0 Å². The van der Waals surface area contributed by atoms with Crippen molar-refractivity contribution in [1.82, 2.24) is 4.98 Å². The van der Waals surface area contributed by atoms with Crippen LogP contribution in [-0.4, -0.2) is 29.7 Å². The van der Waals surface area contributed by atoms with Crippen molar-refractivity contribution < 1.29 is 17.6 Å². The van der Waals surface area contributed by atoms with Gasteiger partial charge in [0.1, 0.15) is 0 Å². The summed E-state index contributed by atoms with van der Waals surface area (Å²) >= 11 is 0. The van der Waals surface area contributed by atoms with E-state index >= 15 is 0 Å². The van der Waals surface area contributed by atoms with E-state index in [2.05, 4.69) is 4.98 Å². The summed E-state index contributed by atoms with van der Waals surface area (Å²) in [4.78, 5) is 16.2. The smallest absolute Gasteiger partial charge is 0.213 e. The van der Waals surface area contributed by atoms with Crippen LogP contribution in [0.1, 0.15) is 41.7 Å². The molecule has 3 heterocycles. The molecular weight excluding hydrogens is 281 g/mol. The van der Waals surface area contributed by atoms with Crippen molar-refractivity contribution in [2.45, 2.75) is 43.1 Å². The minimum absolute atomic E-state index is 0.0956. The average Bonchev–Trinajstić information content (AvgIpc) is 2.57. The van der Waals surface area contributed by atoms with Gasteiger partial charge in [0.2, 0.25) is 5.95 Å². The highest BCUT2D eigenvalue weighted by atomic mass is 32.2. The Labute approximate surface area is 117 Å². The summed E-state index contributed by atoms with van der Waals surface area (Å²) in [6.45, 7) is 1.60. The predicted octanol–water partition coefficient (Wildman–Crippen LogP) is 2.07. The summed E-state index contributed by atoms with van der Waals surface area (Å²) in [6, 6.07) is 2.62. The Balaban J connectivity index is 1.86. The molecule has 1 aromatic rings. The molecule has 2 unspecified atom stereocenters. The first kappa shape index (κ1) is 13.7.